The summed E-state index contributed by atoms with van der Waals surface area (Å²) in [6, 6.07) is 12.2. The second-order valence-electron chi connectivity index (χ2n) is 7.98. The van der Waals surface area contributed by atoms with Crippen LogP contribution in [0.4, 0.5) is 8.78 Å². The number of ether oxygens (including phenoxy) is 1. The Morgan fingerprint density at radius 2 is 1.91 bits per heavy atom. The molecule has 10 heteroatoms. The fourth-order valence-electron chi connectivity index (χ4n) is 4.31. The van der Waals surface area contributed by atoms with E-state index in [1.54, 1.807) is 30.5 Å². The van der Waals surface area contributed by atoms with Crippen molar-refractivity contribution in [2.24, 2.45) is 0 Å². The lowest BCUT2D eigenvalue weighted by Crippen LogP contribution is -2.36. The van der Waals surface area contributed by atoms with E-state index in [1.807, 2.05) is 14.9 Å². The summed E-state index contributed by atoms with van der Waals surface area (Å²) in [7, 11) is 0.155. The molecule has 2 aromatic heterocycles. The predicted octanol–water partition coefficient (Wildman–Crippen LogP) is 5.40. The summed E-state index contributed by atoms with van der Waals surface area (Å²) in [5.41, 5.74) is 1.50. The predicted molar refractivity (Wildman–Crippen MR) is 127 cm³/mol. The normalized spacial score (nSPS) is 16.1. The first kappa shape index (κ1) is 22.9. The number of imidazole rings is 1. The number of hydrogen-bond donors (Lipinski definition) is 0. The van der Waals surface area contributed by atoms with Crippen molar-refractivity contribution < 1.29 is 17.7 Å². The van der Waals surface area contributed by atoms with E-state index in [0.29, 0.717) is 58.6 Å². The molecule has 0 amide bonds. The van der Waals surface area contributed by atoms with Gasteiger partial charge in [0.2, 0.25) is 0 Å². The molecule has 2 aromatic carbocycles. The van der Waals surface area contributed by atoms with Crippen LogP contribution in [0.5, 0.6) is 5.75 Å². The van der Waals surface area contributed by atoms with Crippen LogP contribution in [0.2, 0.25) is 5.02 Å². The summed E-state index contributed by atoms with van der Waals surface area (Å²) in [6.07, 6.45) is 2.99. The standard InChI is InChI=1S/C24H21ClF2N4O2S/c1-33-22-7-5-17(14-19(22)25)34(32)30-11-8-16(9-12-30)31-23(18-6-4-15(26)13-20(18)27)29-21-3-2-10-28-24(21)31/h2-7,10,13-14,16H,8-9,11-12H2,1H3. The summed E-state index contributed by atoms with van der Waals surface area (Å²) in [5.74, 6) is -0.378. The van der Waals surface area contributed by atoms with Gasteiger partial charge < -0.3 is 9.30 Å². The molecule has 5 rings (SSSR count). The van der Waals surface area contributed by atoms with Gasteiger partial charge in [-0.1, -0.05) is 11.6 Å². The van der Waals surface area contributed by atoms with Crippen molar-refractivity contribution in [3.05, 3.63) is 71.4 Å². The highest BCUT2D eigenvalue weighted by molar-refractivity contribution is 7.82. The minimum absolute atomic E-state index is 0.0351. The molecule has 0 bridgehead atoms. The molecule has 6 nitrogen and oxygen atoms in total. The Morgan fingerprint density at radius 1 is 1.12 bits per heavy atom. The number of halogens is 3. The van der Waals surface area contributed by atoms with Crippen LogP contribution in [-0.4, -0.2) is 43.2 Å². The van der Waals surface area contributed by atoms with Gasteiger partial charge in [0.25, 0.3) is 0 Å². The third-order valence-corrected chi connectivity index (χ3v) is 7.76. The summed E-state index contributed by atoms with van der Waals surface area (Å²) < 4.78 is 50.3. The number of benzene rings is 2. The fraction of sp³-hybridized carbons (Fsp3) is 0.250. The first-order valence-corrected chi connectivity index (χ1v) is 12.2. The van der Waals surface area contributed by atoms with E-state index in [0.717, 1.165) is 6.07 Å². The molecular formula is C24H21ClF2N4O2S. The average molecular weight is 503 g/mol. The molecule has 1 aliphatic rings. The molecular weight excluding hydrogens is 482 g/mol. The van der Waals surface area contributed by atoms with Crippen LogP contribution in [0.1, 0.15) is 18.9 Å². The Kier molecular flexibility index (Phi) is 6.33. The van der Waals surface area contributed by atoms with Crippen LogP contribution in [-0.2, 0) is 11.0 Å². The highest BCUT2D eigenvalue weighted by Crippen LogP contribution is 2.35. The highest BCUT2D eigenvalue weighted by atomic mass is 35.5. The number of hydrogen-bond acceptors (Lipinski definition) is 4. The molecule has 1 fully saturated rings. The van der Waals surface area contributed by atoms with E-state index in [4.69, 9.17) is 16.3 Å². The average Bonchev–Trinajstić information content (AvgIpc) is 3.23. The minimum atomic E-state index is -1.38. The molecule has 0 aliphatic carbocycles. The van der Waals surface area contributed by atoms with Gasteiger partial charge in [-0.05, 0) is 55.3 Å². The number of piperidine rings is 1. The van der Waals surface area contributed by atoms with Crippen LogP contribution in [0.25, 0.3) is 22.6 Å². The van der Waals surface area contributed by atoms with E-state index in [9.17, 15) is 13.0 Å². The maximum atomic E-state index is 14.7. The molecule has 1 unspecified atom stereocenters. The quantitative estimate of drug-likeness (QED) is 0.367. The number of methoxy groups -OCH3 is 1. The summed E-state index contributed by atoms with van der Waals surface area (Å²) >= 11 is 6.21. The van der Waals surface area contributed by atoms with Crippen molar-refractivity contribution in [3.63, 3.8) is 0 Å². The Balaban J connectivity index is 1.43. The van der Waals surface area contributed by atoms with Crippen molar-refractivity contribution in [2.45, 2.75) is 23.8 Å². The van der Waals surface area contributed by atoms with Crippen molar-refractivity contribution in [1.82, 2.24) is 18.8 Å². The van der Waals surface area contributed by atoms with Gasteiger partial charge in [-0.15, -0.1) is 0 Å². The van der Waals surface area contributed by atoms with Crippen molar-refractivity contribution in [1.29, 1.82) is 0 Å². The SMILES string of the molecule is COc1ccc(S(=O)N2CCC(n3c(-c4ccc(F)cc4F)nc4cccnc43)CC2)cc1Cl. The van der Waals surface area contributed by atoms with Crippen LogP contribution in [0.3, 0.4) is 0 Å². The van der Waals surface area contributed by atoms with Gasteiger partial charge in [-0.25, -0.2) is 27.3 Å². The number of aromatic nitrogens is 3. The Labute approximate surface area is 202 Å². The lowest BCUT2D eigenvalue weighted by atomic mass is 10.1. The Hall–Kier alpha value is -2.88. The smallest absolute Gasteiger partial charge is 0.160 e. The largest absolute Gasteiger partial charge is 0.495 e. The minimum Gasteiger partial charge on any atom is -0.495 e. The number of rotatable bonds is 5. The first-order valence-electron chi connectivity index (χ1n) is 10.7. The molecule has 1 saturated heterocycles. The van der Waals surface area contributed by atoms with Gasteiger partial charge in [0, 0.05) is 31.4 Å². The zero-order valence-electron chi connectivity index (χ0n) is 18.2. The molecule has 1 aliphatic heterocycles. The lowest BCUT2D eigenvalue weighted by Gasteiger charge is -2.32. The summed E-state index contributed by atoms with van der Waals surface area (Å²) in [6.45, 7) is 1.11. The maximum Gasteiger partial charge on any atom is 0.160 e. The molecule has 3 heterocycles. The second kappa shape index (κ2) is 9.40. The zero-order valence-corrected chi connectivity index (χ0v) is 19.8. The third-order valence-electron chi connectivity index (χ3n) is 5.97. The van der Waals surface area contributed by atoms with E-state index in [2.05, 4.69) is 9.97 Å². The van der Waals surface area contributed by atoms with E-state index >= 15 is 0 Å². The maximum absolute atomic E-state index is 14.7. The van der Waals surface area contributed by atoms with Crippen LogP contribution in [0, 0.1) is 11.6 Å². The molecule has 176 valence electrons. The van der Waals surface area contributed by atoms with Crippen molar-refractivity contribution in [2.75, 3.05) is 20.2 Å². The number of pyridine rings is 1. The highest BCUT2D eigenvalue weighted by Gasteiger charge is 2.29. The lowest BCUT2D eigenvalue weighted by molar-refractivity contribution is 0.287. The van der Waals surface area contributed by atoms with Crippen LogP contribution < -0.4 is 4.74 Å². The monoisotopic (exact) mass is 502 g/mol. The topological polar surface area (TPSA) is 60.2 Å². The van der Waals surface area contributed by atoms with Gasteiger partial charge >= 0.3 is 0 Å². The Bertz CT molecular complexity index is 1390. The van der Waals surface area contributed by atoms with Crippen molar-refractivity contribution in [3.8, 4) is 17.1 Å². The molecule has 0 radical (unpaired) electrons. The third kappa shape index (κ3) is 4.19. The first-order chi connectivity index (χ1) is 16.5. The van der Waals surface area contributed by atoms with Gasteiger partial charge in [0.15, 0.2) is 5.65 Å². The van der Waals surface area contributed by atoms with Gasteiger partial charge in [0.1, 0.15) is 39.7 Å². The second-order valence-corrected chi connectivity index (χ2v) is 9.87. The summed E-state index contributed by atoms with van der Waals surface area (Å²) in [5, 5.41) is 0.408. The fourth-order valence-corrected chi connectivity index (χ4v) is 5.87. The number of fused-ring (bicyclic) bond motifs is 1. The van der Waals surface area contributed by atoms with Gasteiger partial charge in [-0.2, -0.15) is 0 Å². The molecule has 0 spiro atoms. The number of nitrogens with zero attached hydrogens (tertiary/aromatic N) is 4. The van der Waals surface area contributed by atoms with Crippen molar-refractivity contribution >= 4 is 33.8 Å². The zero-order chi connectivity index (χ0) is 23.8. The van der Waals surface area contributed by atoms with E-state index in [-0.39, 0.29) is 11.6 Å². The summed E-state index contributed by atoms with van der Waals surface area (Å²) in [4.78, 5) is 9.70. The molecule has 0 N–H and O–H groups in total. The molecule has 1 atom stereocenters. The molecule has 4 aromatic rings. The van der Waals surface area contributed by atoms with E-state index in [1.165, 1.54) is 19.2 Å². The molecule has 0 saturated carbocycles. The Morgan fingerprint density at radius 3 is 2.62 bits per heavy atom. The van der Waals surface area contributed by atoms with E-state index < -0.39 is 22.6 Å². The van der Waals surface area contributed by atoms with Gasteiger partial charge in [-0.3, -0.25) is 0 Å². The van der Waals surface area contributed by atoms with Gasteiger partial charge in [0.05, 0.1) is 22.6 Å². The van der Waals surface area contributed by atoms with Crippen LogP contribution >= 0.6 is 11.6 Å². The van der Waals surface area contributed by atoms with Crippen LogP contribution in [0.15, 0.2) is 59.6 Å². The molecule has 34 heavy (non-hydrogen) atoms.